The van der Waals surface area contributed by atoms with Crippen molar-refractivity contribution in [2.75, 3.05) is 7.11 Å². The van der Waals surface area contributed by atoms with Crippen LogP contribution in [0.3, 0.4) is 0 Å². The van der Waals surface area contributed by atoms with Gasteiger partial charge < -0.3 is 9.64 Å². The number of thiophene rings is 2. The van der Waals surface area contributed by atoms with E-state index < -0.39 is 0 Å². The van der Waals surface area contributed by atoms with Gasteiger partial charge in [0, 0.05) is 28.8 Å². The average Bonchev–Trinajstić information content (AvgIpc) is 3.42. The second-order valence-electron chi connectivity index (χ2n) is 8.14. The summed E-state index contributed by atoms with van der Waals surface area (Å²) in [6.45, 7) is 6.39. The maximum atomic E-state index is 13.5. The lowest BCUT2D eigenvalue weighted by molar-refractivity contribution is -0.134. The molecule has 0 spiro atoms. The van der Waals surface area contributed by atoms with Crippen LogP contribution < -0.4 is 10.3 Å². The smallest absolute Gasteiger partial charge is 0.262 e. The maximum Gasteiger partial charge on any atom is 0.262 e. The molecule has 8 heteroatoms. The van der Waals surface area contributed by atoms with Crippen LogP contribution in [0.2, 0.25) is 0 Å². The number of nitrogens with zero attached hydrogens (tertiary/aromatic N) is 3. The molecule has 172 valence electrons. The van der Waals surface area contributed by atoms with Gasteiger partial charge in [0.05, 0.1) is 18.8 Å². The van der Waals surface area contributed by atoms with E-state index in [2.05, 4.69) is 18.0 Å². The third-order valence-electron chi connectivity index (χ3n) is 5.90. The number of ether oxygens (including phenoxy) is 1. The predicted octanol–water partition coefficient (Wildman–Crippen LogP) is 4.80. The number of carbonyl (C=O) groups is 1. The molecule has 3 heterocycles. The molecule has 0 radical (unpaired) electrons. The third-order valence-corrected chi connectivity index (χ3v) is 7.92. The minimum Gasteiger partial charge on any atom is -0.497 e. The molecule has 1 amide bonds. The van der Waals surface area contributed by atoms with E-state index in [1.54, 1.807) is 18.4 Å². The van der Waals surface area contributed by atoms with Gasteiger partial charge in [0.15, 0.2) is 0 Å². The highest BCUT2D eigenvalue weighted by molar-refractivity contribution is 7.18. The Bertz CT molecular complexity index is 1310. The molecule has 33 heavy (non-hydrogen) atoms. The summed E-state index contributed by atoms with van der Waals surface area (Å²) >= 11 is 3.19. The lowest BCUT2D eigenvalue weighted by atomic mass is 10.1. The van der Waals surface area contributed by atoms with Crippen molar-refractivity contribution in [3.05, 3.63) is 79.3 Å². The van der Waals surface area contributed by atoms with Gasteiger partial charge >= 0.3 is 0 Å². The van der Waals surface area contributed by atoms with Crippen LogP contribution in [-0.2, 0) is 24.3 Å². The zero-order valence-electron chi connectivity index (χ0n) is 19.2. The average molecular weight is 482 g/mol. The third kappa shape index (κ3) is 5.02. The summed E-state index contributed by atoms with van der Waals surface area (Å²) in [4.78, 5) is 35.9. The van der Waals surface area contributed by atoms with Crippen LogP contribution in [0.25, 0.3) is 10.2 Å². The van der Waals surface area contributed by atoms with Gasteiger partial charge in [0.1, 0.15) is 17.1 Å². The van der Waals surface area contributed by atoms with Crippen molar-refractivity contribution in [3.8, 4) is 5.75 Å². The summed E-state index contributed by atoms with van der Waals surface area (Å²) in [5.41, 5.74) is 1.79. The fourth-order valence-corrected chi connectivity index (χ4v) is 5.68. The van der Waals surface area contributed by atoms with E-state index in [0.717, 1.165) is 33.0 Å². The zero-order valence-corrected chi connectivity index (χ0v) is 20.8. The van der Waals surface area contributed by atoms with Gasteiger partial charge in [-0.3, -0.25) is 14.2 Å². The number of methoxy groups -OCH3 is 1. The van der Waals surface area contributed by atoms with Crippen molar-refractivity contribution in [1.29, 1.82) is 0 Å². The molecule has 0 saturated heterocycles. The summed E-state index contributed by atoms with van der Waals surface area (Å²) in [7, 11) is 1.63. The number of hydrogen-bond donors (Lipinski definition) is 0. The molecule has 1 aromatic carbocycles. The molecule has 3 aromatic heterocycles. The molecule has 1 atom stereocenters. The van der Waals surface area contributed by atoms with E-state index >= 15 is 0 Å². The van der Waals surface area contributed by atoms with Crippen LogP contribution in [0.5, 0.6) is 5.75 Å². The predicted molar refractivity (Wildman–Crippen MR) is 134 cm³/mol. The van der Waals surface area contributed by atoms with Gasteiger partial charge in [-0.2, -0.15) is 0 Å². The SMILES string of the molecule is COc1ccc(CN(C(=O)Cn2cnc3sc(C)c(C)c3c2=O)[C@H](C)Cc2cccs2)cc1. The molecular formula is C25H27N3O3S2. The first-order valence-corrected chi connectivity index (χ1v) is 12.5. The Balaban J connectivity index is 1.61. The first-order chi connectivity index (χ1) is 15.9. The molecular weight excluding hydrogens is 454 g/mol. The largest absolute Gasteiger partial charge is 0.497 e. The Morgan fingerprint density at radius 1 is 1.21 bits per heavy atom. The van der Waals surface area contributed by atoms with Crippen molar-refractivity contribution < 1.29 is 9.53 Å². The fourth-order valence-electron chi connectivity index (χ4n) is 3.87. The van der Waals surface area contributed by atoms with E-state index in [1.165, 1.54) is 27.1 Å². The molecule has 0 aliphatic rings. The Hall–Kier alpha value is -2.97. The van der Waals surface area contributed by atoms with Crippen molar-refractivity contribution in [2.45, 2.75) is 46.3 Å². The first-order valence-electron chi connectivity index (χ1n) is 10.8. The minimum atomic E-state index is -0.162. The number of aromatic nitrogens is 2. The minimum absolute atomic E-state index is 0.0317. The lowest BCUT2D eigenvalue weighted by Gasteiger charge is -2.29. The number of rotatable bonds is 8. The molecule has 0 unspecified atom stereocenters. The summed E-state index contributed by atoms with van der Waals surface area (Å²) in [6.07, 6.45) is 2.25. The Morgan fingerprint density at radius 2 is 1.97 bits per heavy atom. The molecule has 0 fully saturated rings. The topological polar surface area (TPSA) is 64.4 Å². The van der Waals surface area contributed by atoms with Crippen molar-refractivity contribution in [3.63, 3.8) is 0 Å². The molecule has 0 aliphatic heterocycles. The molecule has 4 rings (SSSR count). The normalized spacial score (nSPS) is 12.1. The molecule has 0 bridgehead atoms. The standard InChI is InChI=1S/C25H27N3O3S2/c1-16(12-21-6-5-11-32-21)28(13-19-7-9-20(31-4)10-8-19)22(29)14-27-15-26-24-23(25(27)30)17(2)18(3)33-24/h5-11,15-16H,12-14H2,1-4H3/t16-/m1/s1. The highest BCUT2D eigenvalue weighted by Crippen LogP contribution is 2.25. The second kappa shape index (κ2) is 9.89. The summed E-state index contributed by atoms with van der Waals surface area (Å²) in [6, 6.07) is 11.8. The van der Waals surface area contributed by atoms with Crippen LogP contribution in [-0.4, -0.2) is 33.5 Å². The Labute approximate surface area is 201 Å². The van der Waals surface area contributed by atoms with Crippen molar-refractivity contribution in [2.24, 2.45) is 0 Å². The first kappa shape index (κ1) is 23.2. The van der Waals surface area contributed by atoms with Gasteiger partial charge in [-0.15, -0.1) is 22.7 Å². The number of fused-ring (bicyclic) bond motifs is 1. The van der Waals surface area contributed by atoms with Crippen LogP contribution >= 0.6 is 22.7 Å². The van der Waals surface area contributed by atoms with E-state index in [-0.39, 0.29) is 24.1 Å². The number of amides is 1. The highest BCUT2D eigenvalue weighted by Gasteiger charge is 2.23. The number of aryl methyl sites for hydroxylation is 2. The zero-order chi connectivity index (χ0) is 23.5. The Kier molecular flexibility index (Phi) is 6.95. The summed E-state index contributed by atoms with van der Waals surface area (Å²) in [5.74, 6) is 0.665. The van der Waals surface area contributed by atoms with Gasteiger partial charge in [-0.05, 0) is 55.5 Å². The van der Waals surface area contributed by atoms with Crippen molar-refractivity contribution >= 4 is 38.8 Å². The molecule has 0 aliphatic carbocycles. The van der Waals surface area contributed by atoms with E-state index in [1.807, 2.05) is 54.5 Å². The second-order valence-corrected chi connectivity index (χ2v) is 10.4. The quantitative estimate of drug-likeness (QED) is 0.362. The van der Waals surface area contributed by atoms with Gasteiger partial charge in [0.25, 0.3) is 5.56 Å². The van der Waals surface area contributed by atoms with Crippen LogP contribution in [0, 0.1) is 13.8 Å². The maximum absolute atomic E-state index is 13.5. The van der Waals surface area contributed by atoms with Crippen molar-refractivity contribution in [1.82, 2.24) is 14.5 Å². The van der Waals surface area contributed by atoms with Crippen LogP contribution in [0.4, 0.5) is 0 Å². The Morgan fingerprint density at radius 3 is 2.64 bits per heavy atom. The molecule has 0 saturated carbocycles. The fraction of sp³-hybridized carbons (Fsp3) is 0.320. The molecule has 6 nitrogen and oxygen atoms in total. The number of hydrogen-bond acceptors (Lipinski definition) is 6. The van der Waals surface area contributed by atoms with E-state index in [4.69, 9.17) is 4.74 Å². The number of benzene rings is 1. The van der Waals surface area contributed by atoms with Gasteiger partial charge in [-0.1, -0.05) is 18.2 Å². The summed E-state index contributed by atoms with van der Waals surface area (Å²) in [5, 5.41) is 2.66. The monoisotopic (exact) mass is 481 g/mol. The lowest BCUT2D eigenvalue weighted by Crippen LogP contribution is -2.42. The highest BCUT2D eigenvalue weighted by atomic mass is 32.1. The molecule has 4 aromatic rings. The summed E-state index contributed by atoms with van der Waals surface area (Å²) < 4.78 is 6.69. The van der Waals surface area contributed by atoms with Crippen LogP contribution in [0.1, 0.15) is 27.8 Å². The van der Waals surface area contributed by atoms with Crippen LogP contribution in [0.15, 0.2) is 52.9 Å². The van der Waals surface area contributed by atoms with E-state index in [9.17, 15) is 9.59 Å². The van der Waals surface area contributed by atoms with E-state index in [0.29, 0.717) is 11.9 Å². The number of carbonyl (C=O) groups excluding carboxylic acids is 1. The van der Waals surface area contributed by atoms with Gasteiger partial charge in [-0.25, -0.2) is 4.98 Å². The molecule has 0 N–H and O–H groups in total. The van der Waals surface area contributed by atoms with Gasteiger partial charge in [0.2, 0.25) is 5.91 Å².